The van der Waals surface area contributed by atoms with E-state index < -0.39 is 5.97 Å². The Balaban J connectivity index is 1.40. The summed E-state index contributed by atoms with van der Waals surface area (Å²) in [4.78, 5) is 19.3. The largest absolute Gasteiger partial charge is 0.478 e. The van der Waals surface area contributed by atoms with E-state index in [1.54, 1.807) is 18.2 Å². The molecule has 0 radical (unpaired) electrons. The minimum atomic E-state index is -0.960. The van der Waals surface area contributed by atoms with Crippen molar-refractivity contribution in [2.24, 2.45) is 0 Å². The topological polar surface area (TPSA) is 106 Å². The van der Waals surface area contributed by atoms with Crippen LogP contribution in [0.25, 0.3) is 0 Å². The van der Waals surface area contributed by atoms with Crippen molar-refractivity contribution in [2.75, 3.05) is 17.4 Å². The number of aromatic nitrogens is 2. The zero-order valence-corrected chi connectivity index (χ0v) is 14.2. The molecular formula is C19H16N4O4. The molecule has 27 heavy (non-hydrogen) atoms. The number of hydrogen-bond acceptors (Lipinski definition) is 7. The second kappa shape index (κ2) is 7.20. The van der Waals surface area contributed by atoms with E-state index in [4.69, 9.17) is 14.6 Å². The predicted molar refractivity (Wildman–Crippen MR) is 98.6 cm³/mol. The van der Waals surface area contributed by atoms with Gasteiger partial charge >= 0.3 is 5.97 Å². The molecule has 2 heterocycles. The molecule has 0 amide bonds. The maximum absolute atomic E-state index is 10.9. The maximum atomic E-state index is 10.9. The molecule has 8 heteroatoms. The molecule has 0 fully saturated rings. The van der Waals surface area contributed by atoms with Crippen molar-refractivity contribution in [1.29, 1.82) is 0 Å². The van der Waals surface area contributed by atoms with E-state index in [0.29, 0.717) is 18.2 Å². The zero-order valence-electron chi connectivity index (χ0n) is 14.2. The van der Waals surface area contributed by atoms with Gasteiger partial charge in [-0.05, 0) is 42.0 Å². The molecule has 0 atom stereocenters. The van der Waals surface area contributed by atoms with Crippen molar-refractivity contribution in [3.8, 4) is 11.5 Å². The number of hydrogen-bond donors (Lipinski definition) is 3. The Kier molecular flexibility index (Phi) is 4.44. The number of fused-ring (bicyclic) bond motifs is 1. The Morgan fingerprint density at radius 1 is 1.00 bits per heavy atom. The molecule has 0 saturated heterocycles. The normalized spacial score (nSPS) is 11.9. The molecule has 8 nitrogen and oxygen atoms in total. The lowest BCUT2D eigenvalue weighted by atomic mass is 10.2. The number of anilines is 3. The lowest BCUT2D eigenvalue weighted by Crippen LogP contribution is -2.03. The van der Waals surface area contributed by atoms with Crippen LogP contribution >= 0.6 is 0 Å². The van der Waals surface area contributed by atoms with Crippen LogP contribution in [0, 0.1) is 0 Å². The fraction of sp³-hybridized carbons (Fsp3) is 0.105. The SMILES string of the molecule is O=C(O)c1ccc(Nc2cc(NCc3ccc4c(c3)OCO4)ncn2)cc1. The average molecular weight is 364 g/mol. The van der Waals surface area contributed by atoms with Gasteiger partial charge in [0.2, 0.25) is 6.79 Å². The molecule has 0 spiro atoms. The van der Waals surface area contributed by atoms with Crippen LogP contribution in [0.5, 0.6) is 11.5 Å². The van der Waals surface area contributed by atoms with Gasteiger partial charge in [0.05, 0.1) is 5.56 Å². The lowest BCUT2D eigenvalue weighted by molar-refractivity contribution is 0.0697. The van der Waals surface area contributed by atoms with Crippen molar-refractivity contribution >= 4 is 23.3 Å². The molecule has 136 valence electrons. The van der Waals surface area contributed by atoms with E-state index in [2.05, 4.69) is 20.6 Å². The molecule has 2 aromatic carbocycles. The summed E-state index contributed by atoms with van der Waals surface area (Å²) in [5, 5.41) is 15.3. The van der Waals surface area contributed by atoms with Crippen LogP contribution in [0.15, 0.2) is 54.9 Å². The molecule has 1 aliphatic rings. The van der Waals surface area contributed by atoms with Crippen LogP contribution < -0.4 is 20.1 Å². The first kappa shape index (κ1) is 16.6. The number of benzene rings is 2. The highest BCUT2D eigenvalue weighted by Crippen LogP contribution is 2.32. The number of rotatable bonds is 6. The summed E-state index contributed by atoms with van der Waals surface area (Å²) in [6.45, 7) is 0.820. The number of aromatic carboxylic acids is 1. The minimum Gasteiger partial charge on any atom is -0.478 e. The van der Waals surface area contributed by atoms with Crippen molar-refractivity contribution in [1.82, 2.24) is 9.97 Å². The minimum absolute atomic E-state index is 0.231. The van der Waals surface area contributed by atoms with Gasteiger partial charge in [-0.2, -0.15) is 0 Å². The van der Waals surface area contributed by atoms with Crippen molar-refractivity contribution in [3.05, 3.63) is 66.0 Å². The van der Waals surface area contributed by atoms with Crippen LogP contribution in [0.2, 0.25) is 0 Å². The smallest absolute Gasteiger partial charge is 0.335 e. The van der Waals surface area contributed by atoms with Crippen molar-refractivity contribution in [3.63, 3.8) is 0 Å². The second-order valence-corrected chi connectivity index (χ2v) is 5.84. The second-order valence-electron chi connectivity index (χ2n) is 5.84. The van der Waals surface area contributed by atoms with Crippen LogP contribution in [-0.4, -0.2) is 27.8 Å². The summed E-state index contributed by atoms with van der Waals surface area (Å²) in [6.07, 6.45) is 1.45. The summed E-state index contributed by atoms with van der Waals surface area (Å²) in [6, 6.07) is 14.0. The number of carbonyl (C=O) groups is 1. The quantitative estimate of drug-likeness (QED) is 0.612. The molecule has 1 aliphatic heterocycles. The third-order valence-corrected chi connectivity index (χ3v) is 3.98. The summed E-state index contributed by atoms with van der Waals surface area (Å²) in [5.74, 6) is 1.79. The van der Waals surface area contributed by atoms with Crippen LogP contribution in [0.4, 0.5) is 17.3 Å². The summed E-state index contributed by atoms with van der Waals surface area (Å²) < 4.78 is 10.7. The average Bonchev–Trinajstić information content (AvgIpc) is 3.15. The first-order valence-electron chi connectivity index (χ1n) is 8.22. The summed E-state index contributed by atoms with van der Waals surface area (Å²) >= 11 is 0. The molecule has 1 aromatic heterocycles. The van der Waals surface area contributed by atoms with Gasteiger partial charge in [-0.1, -0.05) is 6.07 Å². The number of nitrogens with one attached hydrogen (secondary N) is 2. The fourth-order valence-electron chi connectivity index (χ4n) is 2.61. The zero-order chi connectivity index (χ0) is 18.6. The summed E-state index contributed by atoms with van der Waals surface area (Å²) in [5.41, 5.74) is 2.01. The van der Waals surface area contributed by atoms with Crippen LogP contribution in [0.1, 0.15) is 15.9 Å². The van der Waals surface area contributed by atoms with Crippen LogP contribution in [-0.2, 0) is 6.54 Å². The first-order valence-corrected chi connectivity index (χ1v) is 8.22. The third kappa shape index (κ3) is 3.90. The Labute approximate surface area is 154 Å². The van der Waals surface area contributed by atoms with E-state index in [0.717, 1.165) is 22.7 Å². The number of carboxylic acid groups (broad SMARTS) is 1. The van der Waals surface area contributed by atoms with E-state index in [1.807, 2.05) is 18.2 Å². The van der Waals surface area contributed by atoms with Gasteiger partial charge in [0, 0.05) is 18.3 Å². The molecule has 3 aromatic rings. The first-order chi connectivity index (χ1) is 13.2. The predicted octanol–water partition coefficient (Wildman–Crippen LogP) is 3.26. The Morgan fingerprint density at radius 3 is 2.59 bits per heavy atom. The Bertz CT molecular complexity index is 976. The van der Waals surface area contributed by atoms with Gasteiger partial charge in [-0.15, -0.1) is 0 Å². The number of nitrogens with zero attached hydrogens (tertiary/aromatic N) is 2. The molecule has 3 N–H and O–H groups in total. The molecular weight excluding hydrogens is 348 g/mol. The summed E-state index contributed by atoms with van der Waals surface area (Å²) in [7, 11) is 0. The van der Waals surface area contributed by atoms with Gasteiger partial charge < -0.3 is 25.2 Å². The standard InChI is InChI=1S/C19H16N4O4/c24-19(25)13-2-4-14(5-3-13)23-18-8-17(21-10-22-18)20-9-12-1-6-15-16(7-12)27-11-26-15/h1-8,10H,9,11H2,(H,24,25)(H2,20,21,22,23). The van der Waals surface area contributed by atoms with Gasteiger partial charge in [0.1, 0.15) is 18.0 Å². The fourth-order valence-corrected chi connectivity index (χ4v) is 2.61. The Morgan fingerprint density at radius 2 is 1.78 bits per heavy atom. The van der Waals surface area contributed by atoms with Gasteiger partial charge in [-0.3, -0.25) is 0 Å². The maximum Gasteiger partial charge on any atom is 0.335 e. The molecule has 0 aliphatic carbocycles. The van der Waals surface area contributed by atoms with Crippen LogP contribution in [0.3, 0.4) is 0 Å². The highest BCUT2D eigenvalue weighted by molar-refractivity contribution is 5.88. The number of ether oxygens (including phenoxy) is 2. The van der Waals surface area contributed by atoms with E-state index in [1.165, 1.54) is 18.5 Å². The highest BCUT2D eigenvalue weighted by Gasteiger charge is 2.13. The monoisotopic (exact) mass is 364 g/mol. The molecule has 4 rings (SSSR count). The van der Waals surface area contributed by atoms with Crippen molar-refractivity contribution in [2.45, 2.75) is 6.54 Å². The third-order valence-electron chi connectivity index (χ3n) is 3.98. The van der Waals surface area contributed by atoms with Gasteiger partial charge in [0.15, 0.2) is 11.5 Å². The highest BCUT2D eigenvalue weighted by atomic mass is 16.7. The van der Waals surface area contributed by atoms with E-state index in [-0.39, 0.29) is 12.4 Å². The van der Waals surface area contributed by atoms with E-state index in [9.17, 15) is 4.79 Å². The van der Waals surface area contributed by atoms with Crippen molar-refractivity contribution < 1.29 is 19.4 Å². The van der Waals surface area contributed by atoms with Gasteiger partial charge in [-0.25, -0.2) is 14.8 Å². The Hall–Kier alpha value is -3.81. The molecule has 0 bridgehead atoms. The molecule has 0 unspecified atom stereocenters. The molecule has 0 saturated carbocycles. The van der Waals surface area contributed by atoms with E-state index >= 15 is 0 Å². The number of carboxylic acids is 1. The lowest BCUT2D eigenvalue weighted by Gasteiger charge is -2.09. The van der Waals surface area contributed by atoms with Gasteiger partial charge in [0.25, 0.3) is 0 Å².